The molecule has 144 valence electrons. The molecule has 2 aromatic rings. The van der Waals surface area contributed by atoms with Crippen molar-refractivity contribution in [1.82, 2.24) is 0 Å². The van der Waals surface area contributed by atoms with Crippen LogP contribution in [-0.4, -0.2) is 25.6 Å². The van der Waals surface area contributed by atoms with Crippen LogP contribution in [0, 0.1) is 19.8 Å². The summed E-state index contributed by atoms with van der Waals surface area (Å²) in [4.78, 5) is 25.9. The molecule has 1 amide bonds. The highest BCUT2D eigenvalue weighted by atomic mass is 32.1. The fourth-order valence-corrected chi connectivity index (χ4v) is 4.84. The normalized spacial score (nSPS) is 15.8. The number of hydrogen-bond acceptors (Lipinski definition) is 5. The van der Waals surface area contributed by atoms with Gasteiger partial charge in [0.15, 0.2) is 6.61 Å². The van der Waals surface area contributed by atoms with Crippen LogP contribution >= 0.6 is 11.3 Å². The van der Waals surface area contributed by atoms with Crippen molar-refractivity contribution >= 4 is 28.2 Å². The van der Waals surface area contributed by atoms with Crippen molar-refractivity contribution in [1.29, 1.82) is 0 Å². The molecule has 1 unspecified atom stereocenters. The highest BCUT2D eigenvalue weighted by Gasteiger charge is 2.28. The largest absolute Gasteiger partial charge is 0.483 e. The predicted octanol–water partition coefficient (Wildman–Crippen LogP) is 4.29. The SMILES string of the molecule is COC(=O)c1c(NC(=O)COc2ccc(C)cc2C)sc2c1CCC(C)C2. The van der Waals surface area contributed by atoms with Crippen molar-refractivity contribution in [3.05, 3.63) is 45.3 Å². The molecule has 0 fully saturated rings. The highest BCUT2D eigenvalue weighted by molar-refractivity contribution is 7.17. The molecular weight excluding hydrogens is 362 g/mol. The lowest BCUT2D eigenvalue weighted by atomic mass is 9.88. The molecule has 1 aromatic carbocycles. The number of carbonyl (C=O) groups is 2. The second kappa shape index (κ2) is 8.13. The van der Waals surface area contributed by atoms with Crippen molar-refractivity contribution < 1.29 is 19.1 Å². The Morgan fingerprint density at radius 3 is 2.78 bits per heavy atom. The van der Waals surface area contributed by atoms with Gasteiger partial charge in [0, 0.05) is 4.88 Å². The second-order valence-corrected chi connectivity index (χ2v) is 8.26. The lowest BCUT2D eigenvalue weighted by Gasteiger charge is -2.18. The lowest BCUT2D eigenvalue weighted by Crippen LogP contribution is -2.21. The Bertz CT molecular complexity index is 871. The third-order valence-corrected chi connectivity index (χ3v) is 6.01. The van der Waals surface area contributed by atoms with Gasteiger partial charge in [0.05, 0.1) is 12.7 Å². The average molecular weight is 388 g/mol. The van der Waals surface area contributed by atoms with E-state index >= 15 is 0 Å². The molecule has 1 atom stereocenters. The summed E-state index contributed by atoms with van der Waals surface area (Å²) in [7, 11) is 1.37. The average Bonchev–Trinajstić information content (AvgIpc) is 2.97. The Morgan fingerprint density at radius 2 is 2.07 bits per heavy atom. The minimum absolute atomic E-state index is 0.108. The lowest BCUT2D eigenvalue weighted by molar-refractivity contribution is -0.118. The molecule has 1 N–H and O–H groups in total. The third-order valence-electron chi connectivity index (χ3n) is 4.84. The van der Waals surface area contributed by atoms with E-state index in [1.807, 2.05) is 32.0 Å². The second-order valence-electron chi connectivity index (χ2n) is 7.15. The highest BCUT2D eigenvalue weighted by Crippen LogP contribution is 2.40. The van der Waals surface area contributed by atoms with Crippen LogP contribution < -0.4 is 10.1 Å². The number of hydrogen-bond donors (Lipinski definition) is 1. The van der Waals surface area contributed by atoms with Crippen LogP contribution in [-0.2, 0) is 22.4 Å². The van der Waals surface area contributed by atoms with Gasteiger partial charge >= 0.3 is 5.97 Å². The summed E-state index contributed by atoms with van der Waals surface area (Å²) in [6.45, 7) is 6.06. The minimum Gasteiger partial charge on any atom is -0.483 e. The van der Waals surface area contributed by atoms with Crippen LogP contribution in [0.5, 0.6) is 5.75 Å². The van der Waals surface area contributed by atoms with E-state index in [0.29, 0.717) is 22.2 Å². The topological polar surface area (TPSA) is 64.6 Å². The van der Waals surface area contributed by atoms with Crippen molar-refractivity contribution in [2.45, 2.75) is 40.0 Å². The van der Waals surface area contributed by atoms with E-state index < -0.39 is 5.97 Å². The summed E-state index contributed by atoms with van der Waals surface area (Å²) in [6, 6.07) is 5.82. The number of thiophene rings is 1. The number of ether oxygens (including phenoxy) is 2. The van der Waals surface area contributed by atoms with Gasteiger partial charge in [0.2, 0.25) is 0 Å². The molecule has 0 saturated carbocycles. The fraction of sp³-hybridized carbons (Fsp3) is 0.429. The Hall–Kier alpha value is -2.34. The van der Waals surface area contributed by atoms with E-state index in [9.17, 15) is 9.59 Å². The number of aryl methyl sites for hydroxylation is 2. The van der Waals surface area contributed by atoms with E-state index in [1.165, 1.54) is 23.3 Å². The quantitative estimate of drug-likeness (QED) is 0.777. The van der Waals surface area contributed by atoms with Gasteiger partial charge in [-0.05, 0) is 56.2 Å². The zero-order valence-electron chi connectivity index (χ0n) is 16.2. The summed E-state index contributed by atoms with van der Waals surface area (Å²) in [6.07, 6.45) is 2.81. The van der Waals surface area contributed by atoms with E-state index in [1.54, 1.807) is 0 Å². The van der Waals surface area contributed by atoms with Gasteiger partial charge in [-0.1, -0.05) is 24.6 Å². The van der Waals surface area contributed by atoms with E-state index in [4.69, 9.17) is 9.47 Å². The van der Waals surface area contributed by atoms with Gasteiger partial charge in [-0.25, -0.2) is 4.79 Å². The molecule has 5 nitrogen and oxygen atoms in total. The summed E-state index contributed by atoms with van der Waals surface area (Å²) >= 11 is 1.48. The first kappa shape index (κ1) is 19.4. The number of benzene rings is 1. The summed E-state index contributed by atoms with van der Waals surface area (Å²) in [5, 5.41) is 3.42. The molecule has 1 aromatic heterocycles. The van der Waals surface area contributed by atoms with Crippen molar-refractivity contribution in [2.75, 3.05) is 19.0 Å². The van der Waals surface area contributed by atoms with E-state index in [2.05, 4.69) is 12.2 Å². The number of esters is 1. The maximum Gasteiger partial charge on any atom is 0.341 e. The van der Waals surface area contributed by atoms with Crippen LogP contribution in [0.3, 0.4) is 0 Å². The molecule has 0 radical (unpaired) electrons. The molecule has 3 rings (SSSR count). The minimum atomic E-state index is -0.396. The molecule has 6 heteroatoms. The Morgan fingerprint density at radius 1 is 1.30 bits per heavy atom. The standard InChI is InChI=1S/C21H25NO4S/c1-12-6-8-16(14(3)9-12)26-11-18(23)22-20-19(21(24)25-4)15-7-5-13(2)10-17(15)27-20/h6,8-9,13H,5,7,10-11H2,1-4H3,(H,22,23). The summed E-state index contributed by atoms with van der Waals surface area (Å²) < 4.78 is 10.6. The van der Waals surface area contributed by atoms with E-state index in [0.717, 1.165) is 36.0 Å². The van der Waals surface area contributed by atoms with Gasteiger partial charge < -0.3 is 14.8 Å². The number of methoxy groups -OCH3 is 1. The van der Waals surface area contributed by atoms with E-state index in [-0.39, 0.29) is 12.5 Å². The molecule has 1 aliphatic carbocycles. The van der Waals surface area contributed by atoms with Gasteiger partial charge in [-0.2, -0.15) is 0 Å². The first-order valence-corrected chi connectivity index (χ1v) is 9.93. The van der Waals surface area contributed by atoms with Gasteiger partial charge in [0.25, 0.3) is 5.91 Å². The molecule has 0 spiro atoms. The molecule has 0 aliphatic heterocycles. The Balaban J connectivity index is 1.74. The number of nitrogens with one attached hydrogen (secondary N) is 1. The predicted molar refractivity (Wildman–Crippen MR) is 107 cm³/mol. The van der Waals surface area contributed by atoms with Crippen molar-refractivity contribution in [3.8, 4) is 5.75 Å². The first-order chi connectivity index (χ1) is 12.9. The van der Waals surface area contributed by atoms with Crippen LogP contribution in [0.1, 0.15) is 45.3 Å². The molecule has 1 aliphatic rings. The Kier molecular flexibility index (Phi) is 5.85. The number of amides is 1. The van der Waals surface area contributed by atoms with Crippen LogP contribution in [0.15, 0.2) is 18.2 Å². The first-order valence-electron chi connectivity index (χ1n) is 9.11. The fourth-order valence-electron chi connectivity index (χ4n) is 3.42. The number of anilines is 1. The molecule has 0 saturated heterocycles. The van der Waals surface area contributed by atoms with Crippen LogP contribution in [0.25, 0.3) is 0 Å². The zero-order valence-corrected chi connectivity index (χ0v) is 17.0. The zero-order chi connectivity index (χ0) is 19.6. The Labute approximate surface area is 163 Å². The van der Waals surface area contributed by atoms with Gasteiger partial charge in [0.1, 0.15) is 10.8 Å². The molecule has 0 bridgehead atoms. The number of carbonyl (C=O) groups excluding carboxylic acids is 2. The molecule has 27 heavy (non-hydrogen) atoms. The van der Waals surface area contributed by atoms with Crippen molar-refractivity contribution in [2.24, 2.45) is 5.92 Å². The number of rotatable bonds is 5. The smallest absolute Gasteiger partial charge is 0.341 e. The maximum absolute atomic E-state index is 12.4. The van der Waals surface area contributed by atoms with Crippen LogP contribution in [0.4, 0.5) is 5.00 Å². The molecular formula is C21H25NO4S. The van der Waals surface area contributed by atoms with Crippen LogP contribution in [0.2, 0.25) is 0 Å². The monoisotopic (exact) mass is 387 g/mol. The number of fused-ring (bicyclic) bond motifs is 1. The van der Waals surface area contributed by atoms with Gasteiger partial charge in [-0.3, -0.25) is 4.79 Å². The molecule has 1 heterocycles. The third kappa shape index (κ3) is 4.33. The maximum atomic E-state index is 12.4. The van der Waals surface area contributed by atoms with Gasteiger partial charge in [-0.15, -0.1) is 11.3 Å². The summed E-state index contributed by atoms with van der Waals surface area (Å²) in [5.41, 5.74) is 3.66. The van der Waals surface area contributed by atoms with Crippen molar-refractivity contribution in [3.63, 3.8) is 0 Å². The summed E-state index contributed by atoms with van der Waals surface area (Å²) in [5.74, 6) is 0.584.